The van der Waals surface area contributed by atoms with Gasteiger partial charge in [-0.15, -0.1) is 13.2 Å². The summed E-state index contributed by atoms with van der Waals surface area (Å²) in [6.45, 7) is 55.8. The molecule has 3 nitrogen and oxygen atoms in total. The van der Waals surface area contributed by atoms with Gasteiger partial charge in [-0.2, -0.15) is 0 Å². The molecule has 290 valence electrons. The van der Waals surface area contributed by atoms with E-state index in [1.165, 1.54) is 30.9 Å². The van der Waals surface area contributed by atoms with Gasteiger partial charge in [0.15, 0.2) is 0 Å². The summed E-state index contributed by atoms with van der Waals surface area (Å²) in [5.41, 5.74) is 4.76. The van der Waals surface area contributed by atoms with Crippen molar-refractivity contribution in [2.75, 3.05) is 0 Å². The van der Waals surface area contributed by atoms with Crippen LogP contribution < -0.4 is 5.32 Å². The Hall–Kier alpha value is -2.68. The third-order valence-electron chi connectivity index (χ3n) is 9.62. The average Bonchev–Trinajstić information content (AvgIpc) is 3.02. The molecule has 50 heavy (non-hydrogen) atoms. The Balaban J connectivity index is -0.000000588. The van der Waals surface area contributed by atoms with Crippen LogP contribution in [0.3, 0.4) is 0 Å². The Morgan fingerprint density at radius 2 is 1.40 bits per heavy atom. The molecule has 0 spiro atoms. The van der Waals surface area contributed by atoms with Crippen LogP contribution in [0, 0.1) is 40.4 Å². The van der Waals surface area contributed by atoms with E-state index in [0.29, 0.717) is 36.0 Å². The summed E-state index contributed by atoms with van der Waals surface area (Å²) in [5.74, 6) is 2.67. The molecule has 0 heterocycles. The SMILES string of the molecule is C=C.C=C(C)C(=C)C(CCC)C(CC(=C)C(NC(=O)CC(C)(C)CC)C(C)(C)C)C(C(C)C)C(C)CC.C=C/C=C\C=C(/C)CCC.CC=O. The number of rotatable bonds is 20. The number of hydrogen-bond donors (Lipinski definition) is 1. The van der Waals surface area contributed by atoms with Crippen molar-refractivity contribution in [3.63, 3.8) is 0 Å². The minimum Gasteiger partial charge on any atom is -0.349 e. The number of hydrogen-bond acceptors (Lipinski definition) is 2. The second kappa shape index (κ2) is 30.0. The molecule has 1 N–H and O–H groups in total. The molecule has 0 aromatic rings. The standard InChI is InChI=1S/C33H61NO.C10H16.C2H4O.C2H4/c1-16-19-27(26(10)22(4)5)28(30(23(6)7)24(8)17-2)20-25(9)31(32(11,12)13)34-29(35)21-33(14,15)18-3;1-4-6-7-9-10(3)8-5-2;1-2-3;1-2/h23-24,27-28,30-31H,4,9-10,16-21H2,1-3,5-8,11-15H3,(H,34,35);4,6-7,9H,1,5,8H2,2-3H3;2H,1H3;1-2H2/b;7-6-,10-9+;;. The molecule has 0 rings (SSSR count). The van der Waals surface area contributed by atoms with Gasteiger partial charge in [-0.05, 0) is 86.0 Å². The summed E-state index contributed by atoms with van der Waals surface area (Å²) >= 11 is 0. The van der Waals surface area contributed by atoms with E-state index in [9.17, 15) is 4.79 Å². The lowest BCUT2D eigenvalue weighted by Crippen LogP contribution is -2.47. The first-order valence-electron chi connectivity index (χ1n) is 19.3. The number of aldehydes is 1. The Labute approximate surface area is 314 Å². The molecule has 0 fully saturated rings. The highest BCUT2D eigenvalue weighted by Gasteiger charge is 2.38. The smallest absolute Gasteiger partial charge is 0.221 e. The highest BCUT2D eigenvalue weighted by molar-refractivity contribution is 5.77. The van der Waals surface area contributed by atoms with E-state index in [-0.39, 0.29) is 22.8 Å². The first-order valence-corrected chi connectivity index (χ1v) is 19.3. The number of allylic oxidation sites excluding steroid dienone is 7. The Morgan fingerprint density at radius 3 is 1.76 bits per heavy atom. The van der Waals surface area contributed by atoms with Gasteiger partial charge in [0, 0.05) is 6.42 Å². The van der Waals surface area contributed by atoms with Crippen molar-refractivity contribution in [1.82, 2.24) is 5.32 Å². The molecule has 1 amide bonds. The highest BCUT2D eigenvalue weighted by atomic mass is 16.1. The number of nitrogens with one attached hydrogen (secondary N) is 1. The van der Waals surface area contributed by atoms with E-state index in [4.69, 9.17) is 4.79 Å². The van der Waals surface area contributed by atoms with Crippen LogP contribution in [0.5, 0.6) is 0 Å². The van der Waals surface area contributed by atoms with Gasteiger partial charge < -0.3 is 10.1 Å². The van der Waals surface area contributed by atoms with E-state index in [1.54, 1.807) is 6.08 Å². The minimum absolute atomic E-state index is 0.00112. The maximum Gasteiger partial charge on any atom is 0.221 e. The number of carbonyl (C=O) groups is 2. The third-order valence-corrected chi connectivity index (χ3v) is 9.62. The molecule has 3 heteroatoms. The summed E-state index contributed by atoms with van der Waals surface area (Å²) in [6.07, 6.45) is 16.9. The van der Waals surface area contributed by atoms with Gasteiger partial charge >= 0.3 is 0 Å². The normalized spacial score (nSPS) is 14.6. The van der Waals surface area contributed by atoms with Crippen LogP contribution in [-0.2, 0) is 9.59 Å². The minimum atomic E-state index is -0.108. The predicted octanol–water partition coefficient (Wildman–Crippen LogP) is 14.3. The van der Waals surface area contributed by atoms with Crippen molar-refractivity contribution < 1.29 is 9.59 Å². The van der Waals surface area contributed by atoms with Crippen molar-refractivity contribution >= 4 is 12.2 Å². The fraction of sp³-hybridized carbons (Fsp3) is 0.660. The summed E-state index contributed by atoms with van der Waals surface area (Å²) in [6, 6.07) is -0.0599. The first kappa shape index (κ1) is 54.1. The summed E-state index contributed by atoms with van der Waals surface area (Å²) in [4.78, 5) is 21.9. The fourth-order valence-electron chi connectivity index (χ4n) is 6.57. The van der Waals surface area contributed by atoms with Crippen LogP contribution in [0.25, 0.3) is 0 Å². The molecule has 0 saturated heterocycles. The highest BCUT2D eigenvalue weighted by Crippen LogP contribution is 2.45. The van der Waals surface area contributed by atoms with Crippen molar-refractivity contribution in [3.05, 3.63) is 86.1 Å². The fourth-order valence-corrected chi connectivity index (χ4v) is 6.57. The van der Waals surface area contributed by atoms with Crippen LogP contribution in [0.2, 0.25) is 0 Å². The molecule has 0 radical (unpaired) electrons. The van der Waals surface area contributed by atoms with Gasteiger partial charge in [-0.1, -0.05) is 176 Å². The van der Waals surface area contributed by atoms with Crippen LogP contribution in [0.4, 0.5) is 0 Å². The summed E-state index contributed by atoms with van der Waals surface area (Å²) < 4.78 is 0. The second-order valence-electron chi connectivity index (χ2n) is 16.1. The Morgan fingerprint density at radius 1 is 0.880 bits per heavy atom. The summed E-state index contributed by atoms with van der Waals surface area (Å²) in [7, 11) is 0. The average molecular weight is 696 g/mol. The van der Waals surface area contributed by atoms with Crippen molar-refractivity contribution in [3.8, 4) is 0 Å². The van der Waals surface area contributed by atoms with Crippen LogP contribution in [-0.4, -0.2) is 18.2 Å². The van der Waals surface area contributed by atoms with Crippen LogP contribution >= 0.6 is 0 Å². The van der Waals surface area contributed by atoms with E-state index in [2.05, 4.69) is 148 Å². The number of amides is 1. The van der Waals surface area contributed by atoms with E-state index < -0.39 is 0 Å². The molecular weight excluding hydrogens is 611 g/mol. The van der Waals surface area contributed by atoms with Gasteiger partial charge in [0.1, 0.15) is 6.29 Å². The lowest BCUT2D eigenvalue weighted by atomic mass is 9.63. The maximum atomic E-state index is 13.1. The monoisotopic (exact) mass is 696 g/mol. The second-order valence-corrected chi connectivity index (χ2v) is 16.1. The lowest BCUT2D eigenvalue weighted by molar-refractivity contribution is -0.124. The van der Waals surface area contributed by atoms with Gasteiger partial charge in [-0.25, -0.2) is 0 Å². The third kappa shape index (κ3) is 24.5. The van der Waals surface area contributed by atoms with Gasteiger partial charge in [-0.3, -0.25) is 4.79 Å². The molecule has 0 aromatic carbocycles. The molecule has 5 unspecified atom stereocenters. The predicted molar refractivity (Wildman–Crippen MR) is 228 cm³/mol. The molecule has 0 aliphatic heterocycles. The maximum absolute atomic E-state index is 13.1. The van der Waals surface area contributed by atoms with Gasteiger partial charge in [0.25, 0.3) is 0 Å². The Kier molecular flexibility index (Phi) is 32.5. The number of carbonyl (C=O) groups excluding carboxylic acids is 2. The largest absolute Gasteiger partial charge is 0.349 e. The molecule has 0 bridgehead atoms. The van der Waals surface area contributed by atoms with Crippen molar-refractivity contribution in [2.45, 2.75) is 161 Å². The quantitative estimate of drug-likeness (QED) is 0.0783. The van der Waals surface area contributed by atoms with Crippen molar-refractivity contribution in [1.29, 1.82) is 0 Å². The molecule has 0 aromatic heterocycles. The van der Waals surface area contributed by atoms with Crippen LogP contribution in [0.15, 0.2) is 86.1 Å². The first-order chi connectivity index (χ1) is 23.1. The van der Waals surface area contributed by atoms with Gasteiger partial charge in [0.05, 0.1) is 6.04 Å². The molecular formula is C47H85NO2. The molecule has 0 aliphatic carbocycles. The van der Waals surface area contributed by atoms with Crippen LogP contribution in [0.1, 0.15) is 155 Å². The Bertz CT molecular complexity index is 1030. The molecule has 0 aliphatic rings. The molecule has 0 saturated carbocycles. The molecule has 5 atom stereocenters. The van der Waals surface area contributed by atoms with Gasteiger partial charge in [0.2, 0.25) is 5.91 Å². The zero-order chi connectivity index (χ0) is 40.3. The summed E-state index contributed by atoms with van der Waals surface area (Å²) in [5, 5.41) is 3.41. The van der Waals surface area contributed by atoms with E-state index in [1.807, 2.05) is 12.2 Å². The zero-order valence-electron chi connectivity index (χ0n) is 36.1. The van der Waals surface area contributed by atoms with E-state index in [0.717, 1.165) is 49.5 Å². The van der Waals surface area contributed by atoms with E-state index >= 15 is 0 Å². The lowest BCUT2D eigenvalue weighted by Gasteiger charge is -2.43. The van der Waals surface area contributed by atoms with Crippen molar-refractivity contribution in [2.24, 2.45) is 40.4 Å². The zero-order valence-corrected chi connectivity index (χ0v) is 36.1. The topological polar surface area (TPSA) is 46.2 Å².